The Labute approximate surface area is 134 Å². The minimum absolute atomic E-state index is 0. The van der Waals surface area contributed by atoms with Gasteiger partial charge in [0.05, 0.1) is 5.56 Å². The van der Waals surface area contributed by atoms with E-state index in [-0.39, 0.29) is 36.2 Å². The van der Waals surface area contributed by atoms with Crippen molar-refractivity contribution in [2.24, 2.45) is 11.7 Å². The van der Waals surface area contributed by atoms with Crippen molar-refractivity contribution < 1.29 is 18.0 Å². The van der Waals surface area contributed by atoms with E-state index < -0.39 is 11.7 Å². The number of carbonyl (C=O) groups excluding carboxylic acids is 1. The number of alkyl halides is 3. The van der Waals surface area contributed by atoms with E-state index in [0.29, 0.717) is 18.5 Å². The molecule has 1 amide bonds. The fraction of sp³-hybridized carbons (Fsp3) is 0.533. The highest BCUT2D eigenvalue weighted by Crippen LogP contribution is 2.49. The molecular weight excluding hydrogens is 317 g/mol. The minimum Gasteiger partial charge on any atom is -0.342 e. The van der Waals surface area contributed by atoms with Gasteiger partial charge in [-0.3, -0.25) is 4.79 Å². The molecule has 124 valence electrons. The van der Waals surface area contributed by atoms with E-state index >= 15 is 0 Å². The van der Waals surface area contributed by atoms with Crippen LogP contribution >= 0.6 is 12.4 Å². The topological polar surface area (TPSA) is 46.3 Å². The summed E-state index contributed by atoms with van der Waals surface area (Å²) in [7, 11) is 1.68. The van der Waals surface area contributed by atoms with Gasteiger partial charge in [-0.25, -0.2) is 0 Å². The van der Waals surface area contributed by atoms with Crippen LogP contribution < -0.4 is 5.73 Å². The summed E-state index contributed by atoms with van der Waals surface area (Å²) in [6, 6.07) is 5.17. The third kappa shape index (κ3) is 3.93. The third-order valence-electron chi connectivity index (χ3n) is 4.10. The zero-order chi connectivity index (χ0) is 15.8. The maximum Gasteiger partial charge on any atom is 0.416 e. The lowest BCUT2D eigenvalue weighted by Crippen LogP contribution is -2.40. The summed E-state index contributed by atoms with van der Waals surface area (Å²) >= 11 is 0. The highest BCUT2D eigenvalue weighted by Gasteiger charge is 2.46. The Kier molecular flexibility index (Phi) is 5.87. The minimum atomic E-state index is -4.35. The lowest BCUT2D eigenvalue weighted by Gasteiger charge is -2.23. The monoisotopic (exact) mass is 336 g/mol. The maximum atomic E-state index is 12.7. The molecule has 22 heavy (non-hydrogen) atoms. The van der Waals surface area contributed by atoms with E-state index in [1.54, 1.807) is 18.0 Å². The van der Waals surface area contributed by atoms with Gasteiger partial charge in [0, 0.05) is 25.6 Å². The van der Waals surface area contributed by atoms with Gasteiger partial charge in [-0.05, 0) is 30.9 Å². The van der Waals surface area contributed by atoms with Crippen LogP contribution in [-0.4, -0.2) is 30.4 Å². The molecule has 0 bridgehead atoms. The van der Waals surface area contributed by atoms with Crippen molar-refractivity contribution in [3.63, 3.8) is 0 Å². The standard InChI is InChI=1S/C15H19F3N2O.ClH/c1-9(8-19)20(2)14(21)13-7-12(13)10-4-3-5-11(6-10)15(16,17)18;/h3-6,9,12-13H,7-8,19H2,1-2H3;1H. The summed E-state index contributed by atoms with van der Waals surface area (Å²) in [4.78, 5) is 13.8. The van der Waals surface area contributed by atoms with E-state index in [9.17, 15) is 18.0 Å². The SMILES string of the molecule is CC(CN)N(C)C(=O)C1CC1c1cccc(C(F)(F)F)c1.Cl. The van der Waals surface area contributed by atoms with Gasteiger partial charge in [-0.1, -0.05) is 18.2 Å². The molecule has 0 saturated heterocycles. The maximum absolute atomic E-state index is 12.7. The van der Waals surface area contributed by atoms with E-state index in [1.165, 1.54) is 6.07 Å². The Hall–Kier alpha value is -1.27. The molecule has 0 spiro atoms. The second-order valence-electron chi connectivity index (χ2n) is 5.61. The lowest BCUT2D eigenvalue weighted by atomic mass is 10.0. The summed E-state index contributed by atoms with van der Waals surface area (Å²) in [5, 5.41) is 0. The molecule has 7 heteroatoms. The quantitative estimate of drug-likeness (QED) is 0.918. The zero-order valence-corrected chi connectivity index (χ0v) is 13.2. The molecule has 1 saturated carbocycles. The van der Waals surface area contributed by atoms with Crippen LogP contribution in [0.4, 0.5) is 13.2 Å². The van der Waals surface area contributed by atoms with Crippen molar-refractivity contribution in [1.29, 1.82) is 0 Å². The van der Waals surface area contributed by atoms with Crippen molar-refractivity contribution in [2.75, 3.05) is 13.6 Å². The van der Waals surface area contributed by atoms with E-state index in [0.717, 1.165) is 12.1 Å². The van der Waals surface area contributed by atoms with Crippen LogP contribution in [0.5, 0.6) is 0 Å². The van der Waals surface area contributed by atoms with Crippen LogP contribution in [0.25, 0.3) is 0 Å². The van der Waals surface area contributed by atoms with Gasteiger partial charge in [-0.2, -0.15) is 13.2 Å². The van der Waals surface area contributed by atoms with E-state index in [4.69, 9.17) is 5.73 Å². The molecule has 1 aliphatic rings. The second kappa shape index (κ2) is 6.87. The summed E-state index contributed by atoms with van der Waals surface area (Å²) < 4.78 is 38.1. The molecule has 3 nitrogen and oxygen atoms in total. The highest BCUT2D eigenvalue weighted by molar-refractivity contribution is 5.85. The number of hydrogen-bond acceptors (Lipinski definition) is 2. The highest BCUT2D eigenvalue weighted by atomic mass is 35.5. The van der Waals surface area contributed by atoms with Crippen molar-refractivity contribution in [3.05, 3.63) is 35.4 Å². The smallest absolute Gasteiger partial charge is 0.342 e. The van der Waals surface area contributed by atoms with Gasteiger partial charge in [0.1, 0.15) is 0 Å². The molecule has 1 aromatic rings. The van der Waals surface area contributed by atoms with Crippen molar-refractivity contribution in [2.45, 2.75) is 31.5 Å². The van der Waals surface area contributed by atoms with Crippen LogP contribution in [-0.2, 0) is 11.0 Å². The average Bonchev–Trinajstić information content (AvgIpc) is 3.24. The number of halogens is 4. The first-order valence-corrected chi connectivity index (χ1v) is 6.89. The summed E-state index contributed by atoms with van der Waals surface area (Å²) in [5.74, 6) is -0.393. The molecule has 2 rings (SSSR count). The number of amides is 1. The largest absolute Gasteiger partial charge is 0.416 e. The first-order chi connectivity index (χ1) is 9.75. The number of benzene rings is 1. The summed E-state index contributed by atoms with van der Waals surface area (Å²) in [6.45, 7) is 2.21. The van der Waals surface area contributed by atoms with Gasteiger partial charge in [0.2, 0.25) is 5.91 Å². The average molecular weight is 337 g/mol. The Bertz CT molecular complexity index is 536. The fourth-order valence-electron chi connectivity index (χ4n) is 2.42. The molecule has 2 N–H and O–H groups in total. The van der Waals surface area contributed by atoms with E-state index in [1.807, 2.05) is 6.92 Å². The van der Waals surface area contributed by atoms with Crippen molar-refractivity contribution >= 4 is 18.3 Å². The van der Waals surface area contributed by atoms with Crippen LogP contribution in [0, 0.1) is 5.92 Å². The number of nitrogens with zero attached hydrogens (tertiary/aromatic N) is 1. The Morgan fingerprint density at radius 2 is 2.09 bits per heavy atom. The first-order valence-electron chi connectivity index (χ1n) is 6.89. The molecule has 1 aromatic carbocycles. The molecular formula is C15H20ClF3N2O. The Morgan fingerprint density at radius 3 is 2.64 bits per heavy atom. The Morgan fingerprint density at radius 1 is 1.45 bits per heavy atom. The first kappa shape index (κ1) is 18.8. The van der Waals surface area contributed by atoms with Crippen LogP contribution in [0.2, 0.25) is 0 Å². The number of carbonyl (C=O) groups is 1. The van der Waals surface area contributed by atoms with Crippen LogP contribution in [0.3, 0.4) is 0 Å². The summed E-state index contributed by atoms with van der Waals surface area (Å²) in [6.07, 6.45) is -3.75. The molecule has 0 aliphatic heterocycles. The molecule has 1 fully saturated rings. The van der Waals surface area contributed by atoms with Crippen LogP contribution in [0.1, 0.15) is 30.4 Å². The van der Waals surface area contributed by atoms with Gasteiger partial charge in [0.25, 0.3) is 0 Å². The van der Waals surface area contributed by atoms with Crippen molar-refractivity contribution in [1.82, 2.24) is 4.90 Å². The number of likely N-dealkylation sites (N-methyl/N-ethyl adjacent to an activating group) is 1. The molecule has 1 aliphatic carbocycles. The van der Waals surface area contributed by atoms with Gasteiger partial charge < -0.3 is 10.6 Å². The van der Waals surface area contributed by atoms with Gasteiger partial charge in [-0.15, -0.1) is 12.4 Å². The fourth-order valence-corrected chi connectivity index (χ4v) is 2.42. The molecule has 3 atom stereocenters. The van der Waals surface area contributed by atoms with Gasteiger partial charge >= 0.3 is 6.18 Å². The second-order valence-corrected chi connectivity index (χ2v) is 5.61. The molecule has 0 heterocycles. The third-order valence-corrected chi connectivity index (χ3v) is 4.10. The summed E-state index contributed by atoms with van der Waals surface area (Å²) in [5.41, 5.74) is 5.44. The lowest BCUT2D eigenvalue weighted by molar-refractivity contribution is -0.137. The van der Waals surface area contributed by atoms with Crippen LogP contribution in [0.15, 0.2) is 24.3 Å². The van der Waals surface area contributed by atoms with E-state index in [2.05, 4.69) is 0 Å². The Balaban J connectivity index is 0.00000242. The molecule has 3 unspecified atom stereocenters. The molecule has 0 aromatic heterocycles. The molecule has 0 radical (unpaired) electrons. The zero-order valence-electron chi connectivity index (χ0n) is 12.4. The van der Waals surface area contributed by atoms with Crippen molar-refractivity contribution in [3.8, 4) is 0 Å². The predicted octanol–water partition coefficient (Wildman–Crippen LogP) is 3.04. The van der Waals surface area contributed by atoms with Gasteiger partial charge in [0.15, 0.2) is 0 Å². The number of hydrogen-bond donors (Lipinski definition) is 1. The number of rotatable bonds is 4. The predicted molar refractivity (Wildman–Crippen MR) is 80.8 cm³/mol. The number of nitrogens with two attached hydrogens (primary N) is 1. The normalized spacial score (nSPS) is 21.7.